The average molecular weight is 646 g/mol. The van der Waals surface area contributed by atoms with Gasteiger partial charge in [-0.15, -0.1) is 0 Å². The fraction of sp³-hybridized carbons (Fsp3) is 0.548. The van der Waals surface area contributed by atoms with Crippen molar-refractivity contribution in [3.05, 3.63) is 39.8 Å². The highest BCUT2D eigenvalue weighted by atomic mass is 35.5. The lowest BCUT2D eigenvalue weighted by Gasteiger charge is -2.44. The molecule has 242 valence electrons. The summed E-state index contributed by atoms with van der Waals surface area (Å²) in [6.07, 6.45) is 2.54. The number of hydrogen-bond donors (Lipinski definition) is 2. The third-order valence-electron chi connectivity index (χ3n) is 8.48. The molecule has 0 unspecified atom stereocenters. The monoisotopic (exact) mass is 645 g/mol. The quantitative estimate of drug-likeness (QED) is 0.365. The van der Waals surface area contributed by atoms with Crippen molar-refractivity contribution in [3.8, 4) is 5.75 Å². The number of halogens is 3. The molecule has 2 aromatic heterocycles. The van der Waals surface area contributed by atoms with Crippen LogP contribution in [0.5, 0.6) is 5.75 Å². The van der Waals surface area contributed by atoms with Crippen molar-refractivity contribution in [2.45, 2.75) is 77.1 Å². The maximum absolute atomic E-state index is 15.0. The number of benzene rings is 1. The summed E-state index contributed by atoms with van der Waals surface area (Å²) in [4.78, 5) is 38.9. The Balaban J connectivity index is 1.29. The Kier molecular flexibility index (Phi) is 7.73. The van der Waals surface area contributed by atoms with Crippen LogP contribution < -0.4 is 25.8 Å². The molecule has 1 saturated carbocycles. The van der Waals surface area contributed by atoms with Crippen LogP contribution in [0.2, 0.25) is 5.02 Å². The first-order valence-electron chi connectivity index (χ1n) is 15.1. The molecule has 14 heteroatoms. The summed E-state index contributed by atoms with van der Waals surface area (Å²) in [5, 5.41) is 7.07. The molecule has 11 nitrogen and oxygen atoms in total. The molecule has 2 aliphatic heterocycles. The number of aromatic nitrogens is 3. The van der Waals surface area contributed by atoms with E-state index in [-0.39, 0.29) is 40.6 Å². The third-order valence-corrected chi connectivity index (χ3v) is 8.75. The molecule has 3 atom stereocenters. The zero-order chi connectivity index (χ0) is 32.4. The molecule has 3 aromatic rings. The minimum atomic E-state index is -3.13. The number of amides is 1. The summed E-state index contributed by atoms with van der Waals surface area (Å²) < 4.78 is 42.5. The van der Waals surface area contributed by atoms with E-state index < -0.39 is 29.7 Å². The van der Waals surface area contributed by atoms with Gasteiger partial charge in [-0.05, 0) is 71.6 Å². The number of anilines is 4. The first kappa shape index (κ1) is 31.1. The molecule has 0 radical (unpaired) electrons. The predicted molar refractivity (Wildman–Crippen MR) is 169 cm³/mol. The van der Waals surface area contributed by atoms with Gasteiger partial charge in [-0.25, -0.2) is 18.6 Å². The number of hydrogen-bond acceptors (Lipinski definition) is 9. The third kappa shape index (κ3) is 6.06. The SMILES string of the molecule is C[C@@H]1CN(C(=O)OC(C)(C)C)[C@@H](C)CN1c1ncc(Cl)c(Nc2ccc3c(c2)c2c(c(=O)n3C)OCC(F)(F)[C@H](C3CC3)N2)n1. The summed E-state index contributed by atoms with van der Waals surface area (Å²) in [6.45, 7) is 9.50. The second-order valence-corrected chi connectivity index (χ2v) is 13.7. The highest BCUT2D eigenvalue weighted by Gasteiger charge is 2.51. The van der Waals surface area contributed by atoms with Crippen molar-refractivity contribution < 1.29 is 23.0 Å². The normalized spacial score (nSPS) is 23.1. The zero-order valence-corrected chi connectivity index (χ0v) is 26.9. The van der Waals surface area contributed by atoms with Gasteiger partial charge in [0.15, 0.2) is 12.4 Å². The Morgan fingerprint density at radius 2 is 1.93 bits per heavy atom. The van der Waals surface area contributed by atoms with E-state index in [9.17, 15) is 9.59 Å². The lowest BCUT2D eigenvalue weighted by molar-refractivity contribution is -0.0579. The lowest BCUT2D eigenvalue weighted by Crippen LogP contribution is -2.59. The topological polar surface area (TPSA) is 114 Å². The van der Waals surface area contributed by atoms with Crippen LogP contribution in [0.3, 0.4) is 0 Å². The minimum absolute atomic E-state index is 0.108. The van der Waals surface area contributed by atoms with Gasteiger partial charge in [0.05, 0.1) is 23.4 Å². The number of nitrogens with zero attached hydrogens (tertiary/aromatic N) is 5. The molecule has 0 bridgehead atoms. The van der Waals surface area contributed by atoms with Gasteiger partial charge < -0.3 is 34.5 Å². The summed E-state index contributed by atoms with van der Waals surface area (Å²) in [6, 6.07) is 3.87. The molecule has 4 heterocycles. The number of ether oxygens (including phenoxy) is 2. The van der Waals surface area contributed by atoms with Crippen molar-refractivity contribution in [2.24, 2.45) is 13.0 Å². The summed E-state index contributed by atoms with van der Waals surface area (Å²) >= 11 is 6.53. The number of aryl methyl sites for hydroxylation is 1. The van der Waals surface area contributed by atoms with Gasteiger partial charge in [-0.1, -0.05) is 11.6 Å². The van der Waals surface area contributed by atoms with Crippen molar-refractivity contribution >= 4 is 51.7 Å². The van der Waals surface area contributed by atoms with Crippen LogP contribution in [0.4, 0.5) is 36.7 Å². The molecule has 3 aliphatic rings. The van der Waals surface area contributed by atoms with E-state index in [0.29, 0.717) is 54.3 Å². The fourth-order valence-corrected chi connectivity index (χ4v) is 6.13. The van der Waals surface area contributed by atoms with E-state index in [4.69, 9.17) is 26.1 Å². The Labute approximate surface area is 264 Å². The Morgan fingerprint density at radius 3 is 2.62 bits per heavy atom. The van der Waals surface area contributed by atoms with Crippen LogP contribution in [-0.4, -0.2) is 74.9 Å². The Bertz CT molecular complexity index is 1710. The molecule has 1 aliphatic carbocycles. The largest absolute Gasteiger partial charge is 0.480 e. The van der Waals surface area contributed by atoms with E-state index in [1.165, 1.54) is 10.8 Å². The van der Waals surface area contributed by atoms with Crippen molar-refractivity contribution in [2.75, 3.05) is 35.2 Å². The van der Waals surface area contributed by atoms with Crippen LogP contribution in [0.25, 0.3) is 10.9 Å². The summed E-state index contributed by atoms with van der Waals surface area (Å²) in [5.41, 5.74) is 0.301. The van der Waals surface area contributed by atoms with Crippen LogP contribution in [-0.2, 0) is 11.8 Å². The number of carbonyl (C=O) groups is 1. The number of piperazine rings is 1. The van der Waals surface area contributed by atoms with E-state index in [2.05, 4.69) is 15.6 Å². The highest BCUT2D eigenvalue weighted by Crippen LogP contribution is 2.45. The van der Waals surface area contributed by atoms with E-state index in [1.54, 1.807) is 30.1 Å². The molecular formula is C31H38ClF2N7O4. The van der Waals surface area contributed by atoms with Gasteiger partial charge in [0, 0.05) is 43.3 Å². The van der Waals surface area contributed by atoms with Crippen molar-refractivity contribution in [3.63, 3.8) is 0 Å². The first-order valence-corrected chi connectivity index (χ1v) is 15.5. The lowest BCUT2D eigenvalue weighted by atomic mass is 10.0. The maximum atomic E-state index is 15.0. The Hall–Kier alpha value is -3.87. The van der Waals surface area contributed by atoms with Crippen LogP contribution >= 0.6 is 11.6 Å². The number of alkyl halides is 2. The smallest absolute Gasteiger partial charge is 0.410 e. The predicted octanol–water partition coefficient (Wildman–Crippen LogP) is 5.78. The number of rotatable bonds is 4. The van der Waals surface area contributed by atoms with Gasteiger partial charge in [-0.3, -0.25) is 4.79 Å². The molecule has 45 heavy (non-hydrogen) atoms. The molecular weight excluding hydrogens is 608 g/mol. The summed E-state index contributed by atoms with van der Waals surface area (Å²) in [7, 11) is 1.58. The molecule has 0 spiro atoms. The van der Waals surface area contributed by atoms with E-state index in [1.807, 2.05) is 39.5 Å². The number of fused-ring (bicyclic) bond motifs is 3. The van der Waals surface area contributed by atoms with Crippen LogP contribution in [0.15, 0.2) is 29.2 Å². The van der Waals surface area contributed by atoms with Gasteiger partial charge in [0.25, 0.3) is 5.56 Å². The van der Waals surface area contributed by atoms with E-state index in [0.717, 1.165) is 0 Å². The standard InChI is InChI=1S/C31H38ClF2N7O4/c1-16-14-41(29(43)45-30(3,4)5)17(2)13-40(16)28-35-12-21(32)26(38-28)36-19-9-10-22-20(11-19)23-24(27(42)39(22)6)44-15-31(33,34)25(37-23)18-7-8-18/h9-12,16-18,25,37H,7-8,13-15H2,1-6H3,(H,35,36,38)/t16-,17+,25+/m1/s1. The average Bonchev–Trinajstić information content (AvgIpc) is 3.80. The summed E-state index contributed by atoms with van der Waals surface area (Å²) in [5.74, 6) is -2.67. The number of nitrogens with one attached hydrogen (secondary N) is 2. The van der Waals surface area contributed by atoms with E-state index >= 15 is 8.78 Å². The second-order valence-electron chi connectivity index (χ2n) is 13.3. The van der Waals surface area contributed by atoms with Crippen LogP contribution in [0.1, 0.15) is 47.5 Å². The molecule has 2 fully saturated rings. The van der Waals surface area contributed by atoms with Crippen LogP contribution in [0, 0.1) is 5.92 Å². The number of pyridine rings is 1. The molecule has 1 amide bonds. The first-order chi connectivity index (χ1) is 21.1. The zero-order valence-electron chi connectivity index (χ0n) is 26.2. The molecule has 6 rings (SSSR count). The minimum Gasteiger partial charge on any atom is -0.480 e. The fourth-order valence-electron chi connectivity index (χ4n) is 5.99. The van der Waals surface area contributed by atoms with Crippen molar-refractivity contribution in [1.82, 2.24) is 19.4 Å². The van der Waals surface area contributed by atoms with Gasteiger partial charge in [0.2, 0.25) is 11.7 Å². The maximum Gasteiger partial charge on any atom is 0.410 e. The highest BCUT2D eigenvalue weighted by molar-refractivity contribution is 6.33. The van der Waals surface area contributed by atoms with Gasteiger partial charge in [0.1, 0.15) is 10.6 Å². The second kappa shape index (κ2) is 11.2. The van der Waals surface area contributed by atoms with Gasteiger partial charge in [-0.2, -0.15) is 4.98 Å². The Morgan fingerprint density at radius 1 is 1.20 bits per heavy atom. The van der Waals surface area contributed by atoms with Gasteiger partial charge >= 0.3 is 12.0 Å². The van der Waals surface area contributed by atoms with Crippen molar-refractivity contribution in [1.29, 1.82) is 0 Å². The molecule has 1 aromatic carbocycles. The molecule has 1 saturated heterocycles. The number of carbonyl (C=O) groups excluding carboxylic acids is 1. The molecule has 2 N–H and O–H groups in total.